The summed E-state index contributed by atoms with van der Waals surface area (Å²) in [6.45, 7) is 6.02. The first kappa shape index (κ1) is 18.1. The highest BCUT2D eigenvalue weighted by atomic mass is 14.0. The number of aryl methyl sites for hydroxylation is 2. The van der Waals surface area contributed by atoms with E-state index in [1.807, 2.05) is 6.08 Å². The van der Waals surface area contributed by atoms with Crippen molar-refractivity contribution in [2.24, 2.45) is 0 Å². The summed E-state index contributed by atoms with van der Waals surface area (Å²) in [5, 5.41) is 0. The molecule has 0 spiro atoms. The highest BCUT2D eigenvalue weighted by molar-refractivity contribution is 5.44. The van der Waals surface area contributed by atoms with Gasteiger partial charge in [0.1, 0.15) is 0 Å². The van der Waals surface area contributed by atoms with E-state index in [4.69, 9.17) is 0 Å². The fraction of sp³-hybridized carbons (Fsp3) is 0.333. The maximum Gasteiger partial charge on any atom is 0.0249 e. The molecule has 0 nitrogen and oxygen atoms in total. The average molecular weight is 316 g/mol. The Labute approximate surface area is 147 Å². The molecule has 0 N–H and O–H groups in total. The van der Waals surface area contributed by atoms with Gasteiger partial charge in [0.15, 0.2) is 0 Å². The van der Waals surface area contributed by atoms with Crippen LogP contribution in [0.15, 0.2) is 61.2 Å². The molecule has 2 aromatic carbocycles. The predicted molar refractivity (Wildman–Crippen MR) is 105 cm³/mol. The van der Waals surface area contributed by atoms with Crippen LogP contribution in [0, 0.1) is 11.8 Å². The number of benzene rings is 2. The number of rotatable bonds is 8. The summed E-state index contributed by atoms with van der Waals surface area (Å²) in [5.41, 5.74) is 4.92. The maximum absolute atomic E-state index is 3.76. The zero-order valence-electron chi connectivity index (χ0n) is 14.9. The number of unbranched alkanes of at least 4 members (excludes halogenated alkanes) is 3. The Bertz CT molecular complexity index is 663. The van der Waals surface area contributed by atoms with Crippen LogP contribution in [-0.4, -0.2) is 0 Å². The number of hydrogen-bond acceptors (Lipinski definition) is 0. The first-order chi connectivity index (χ1) is 11.8. The van der Waals surface area contributed by atoms with E-state index >= 15 is 0 Å². The lowest BCUT2D eigenvalue weighted by Gasteiger charge is -2.01. The molecule has 0 bridgehead atoms. The first-order valence-corrected chi connectivity index (χ1v) is 9.12. The van der Waals surface area contributed by atoms with Crippen LogP contribution in [-0.2, 0) is 12.8 Å². The van der Waals surface area contributed by atoms with Crippen molar-refractivity contribution in [3.8, 4) is 11.8 Å². The topological polar surface area (TPSA) is 0 Å². The van der Waals surface area contributed by atoms with E-state index in [0.717, 1.165) is 24.0 Å². The minimum Gasteiger partial charge on any atom is -0.103 e. The van der Waals surface area contributed by atoms with Gasteiger partial charge in [-0.3, -0.25) is 0 Å². The third-order valence-corrected chi connectivity index (χ3v) is 4.22. The van der Waals surface area contributed by atoms with Crippen LogP contribution in [0.4, 0.5) is 0 Å². The Hall–Kier alpha value is -2.26. The number of allylic oxidation sites excluding steroid dienone is 1. The van der Waals surface area contributed by atoms with Gasteiger partial charge in [-0.2, -0.15) is 0 Å². The van der Waals surface area contributed by atoms with Crippen LogP contribution in [0.5, 0.6) is 0 Å². The van der Waals surface area contributed by atoms with Gasteiger partial charge in [0.25, 0.3) is 0 Å². The summed E-state index contributed by atoms with van der Waals surface area (Å²) in [4.78, 5) is 0. The van der Waals surface area contributed by atoms with Crippen molar-refractivity contribution >= 4 is 0 Å². The van der Waals surface area contributed by atoms with Gasteiger partial charge in [0, 0.05) is 11.1 Å². The van der Waals surface area contributed by atoms with Gasteiger partial charge in [0.2, 0.25) is 0 Å². The van der Waals surface area contributed by atoms with Crippen LogP contribution >= 0.6 is 0 Å². The van der Waals surface area contributed by atoms with E-state index < -0.39 is 0 Å². The Morgan fingerprint density at radius 2 is 1.29 bits per heavy atom. The lowest BCUT2D eigenvalue weighted by Crippen LogP contribution is -1.86. The highest BCUT2D eigenvalue weighted by Crippen LogP contribution is 2.10. The summed E-state index contributed by atoms with van der Waals surface area (Å²) < 4.78 is 0. The van der Waals surface area contributed by atoms with E-state index in [2.05, 4.69) is 73.9 Å². The monoisotopic (exact) mass is 316 g/mol. The molecular formula is C24H28. The zero-order valence-corrected chi connectivity index (χ0v) is 14.9. The standard InChI is InChI=1S/C24H28/c1-3-5-7-8-10-22-13-17-24(18-14-22)20-19-23-15-11-21(12-16-23)9-6-4-2/h4,11-18H,2-3,5-10H2,1H3. The van der Waals surface area contributed by atoms with Gasteiger partial charge in [-0.15, -0.1) is 6.58 Å². The minimum atomic E-state index is 1.02. The van der Waals surface area contributed by atoms with E-state index in [-0.39, 0.29) is 0 Å². The Morgan fingerprint density at radius 3 is 1.79 bits per heavy atom. The molecule has 24 heavy (non-hydrogen) atoms. The fourth-order valence-corrected chi connectivity index (χ4v) is 2.68. The van der Waals surface area contributed by atoms with Crippen LogP contribution in [0.25, 0.3) is 0 Å². The molecule has 0 unspecified atom stereocenters. The second kappa shape index (κ2) is 10.5. The quantitative estimate of drug-likeness (QED) is 0.303. The molecule has 2 aromatic rings. The van der Waals surface area contributed by atoms with Crippen molar-refractivity contribution in [2.75, 3.05) is 0 Å². The molecule has 0 heteroatoms. The maximum atomic E-state index is 3.76. The van der Waals surface area contributed by atoms with Gasteiger partial charge in [-0.25, -0.2) is 0 Å². The van der Waals surface area contributed by atoms with E-state index in [1.54, 1.807) is 0 Å². The molecule has 2 rings (SSSR count). The molecule has 124 valence electrons. The van der Waals surface area contributed by atoms with Crippen LogP contribution in [0.2, 0.25) is 0 Å². The first-order valence-electron chi connectivity index (χ1n) is 9.12. The van der Waals surface area contributed by atoms with Crippen molar-refractivity contribution in [2.45, 2.75) is 51.9 Å². The second-order valence-electron chi connectivity index (χ2n) is 6.28. The van der Waals surface area contributed by atoms with Gasteiger partial charge < -0.3 is 0 Å². The molecular weight excluding hydrogens is 288 g/mol. The number of hydrogen-bond donors (Lipinski definition) is 0. The normalized spacial score (nSPS) is 10.0. The van der Waals surface area contributed by atoms with Gasteiger partial charge in [0.05, 0.1) is 0 Å². The predicted octanol–water partition coefficient (Wildman–Crippen LogP) is 6.33. The lowest BCUT2D eigenvalue weighted by molar-refractivity contribution is 0.667. The van der Waals surface area contributed by atoms with Crippen molar-refractivity contribution in [1.82, 2.24) is 0 Å². The molecule has 0 aromatic heterocycles. The smallest absolute Gasteiger partial charge is 0.0249 e. The van der Waals surface area contributed by atoms with Gasteiger partial charge in [-0.1, -0.05) is 68.4 Å². The van der Waals surface area contributed by atoms with Crippen LogP contribution in [0.1, 0.15) is 61.3 Å². The Morgan fingerprint density at radius 1 is 0.750 bits per heavy atom. The SMILES string of the molecule is C=CCCc1ccc(C#Cc2ccc(CCCCCC)cc2)cc1. The van der Waals surface area contributed by atoms with Crippen LogP contribution < -0.4 is 0 Å². The van der Waals surface area contributed by atoms with E-state index in [0.29, 0.717) is 0 Å². The van der Waals surface area contributed by atoms with Crippen molar-refractivity contribution in [3.63, 3.8) is 0 Å². The van der Waals surface area contributed by atoms with Crippen molar-refractivity contribution < 1.29 is 0 Å². The van der Waals surface area contributed by atoms with Crippen LogP contribution in [0.3, 0.4) is 0 Å². The average Bonchev–Trinajstić information content (AvgIpc) is 2.64. The van der Waals surface area contributed by atoms with E-state index in [1.165, 1.54) is 43.2 Å². The summed E-state index contributed by atoms with van der Waals surface area (Å²) in [6, 6.07) is 17.2. The molecule has 0 atom stereocenters. The summed E-state index contributed by atoms with van der Waals surface area (Å²) >= 11 is 0. The largest absolute Gasteiger partial charge is 0.103 e. The molecule has 0 radical (unpaired) electrons. The Balaban J connectivity index is 1.89. The van der Waals surface area contributed by atoms with Crippen molar-refractivity contribution in [1.29, 1.82) is 0 Å². The molecule has 0 heterocycles. The fourth-order valence-electron chi connectivity index (χ4n) is 2.68. The molecule has 0 aliphatic carbocycles. The zero-order chi connectivity index (χ0) is 17.0. The van der Waals surface area contributed by atoms with Crippen molar-refractivity contribution in [3.05, 3.63) is 83.4 Å². The third-order valence-electron chi connectivity index (χ3n) is 4.22. The Kier molecular flexibility index (Phi) is 7.91. The highest BCUT2D eigenvalue weighted by Gasteiger charge is 1.95. The third kappa shape index (κ3) is 6.47. The van der Waals surface area contributed by atoms with E-state index in [9.17, 15) is 0 Å². The lowest BCUT2D eigenvalue weighted by atomic mass is 10.0. The summed E-state index contributed by atoms with van der Waals surface area (Å²) in [5.74, 6) is 6.51. The second-order valence-corrected chi connectivity index (χ2v) is 6.28. The van der Waals surface area contributed by atoms with Gasteiger partial charge in [-0.05, 0) is 61.1 Å². The molecule has 0 amide bonds. The molecule has 0 saturated heterocycles. The molecule has 0 fully saturated rings. The molecule has 0 aliphatic heterocycles. The molecule has 0 saturated carbocycles. The van der Waals surface area contributed by atoms with Gasteiger partial charge >= 0.3 is 0 Å². The summed E-state index contributed by atoms with van der Waals surface area (Å²) in [6.07, 6.45) is 10.5. The minimum absolute atomic E-state index is 1.02. The summed E-state index contributed by atoms with van der Waals surface area (Å²) in [7, 11) is 0. The molecule has 0 aliphatic rings.